The number of aliphatic carboxylic acids is 1. The van der Waals surface area contributed by atoms with Gasteiger partial charge in [0, 0.05) is 12.6 Å². The lowest BCUT2D eigenvalue weighted by atomic mass is 10.1. The largest absolute Gasteiger partial charge is 0.478 e. The minimum Gasteiger partial charge on any atom is -0.478 e. The summed E-state index contributed by atoms with van der Waals surface area (Å²) in [4.78, 5) is 51.3. The molecule has 3 unspecified atom stereocenters. The maximum Gasteiger partial charge on any atom is 0.352 e. The third-order valence-electron chi connectivity index (χ3n) is 5.69. The molecule has 0 aromatic heterocycles. The first-order valence-corrected chi connectivity index (χ1v) is 13.0. The summed E-state index contributed by atoms with van der Waals surface area (Å²) in [6.07, 6.45) is -5.18. The van der Waals surface area contributed by atoms with Crippen molar-refractivity contribution in [2.75, 3.05) is 13.2 Å². The summed E-state index contributed by atoms with van der Waals surface area (Å²) in [5, 5.41) is 13.1. The molecule has 10 nitrogen and oxygen atoms in total. The number of carboxylic acids is 1. The molecular weight excluding hydrogens is 530 g/mol. The lowest BCUT2D eigenvalue weighted by Crippen LogP contribution is -2.49. The fraction of sp³-hybridized carbons (Fsp3) is 0.290. The Morgan fingerprint density at radius 2 is 1.20 bits per heavy atom. The summed E-state index contributed by atoms with van der Waals surface area (Å²) in [5.74, 6) is -4.92. The van der Waals surface area contributed by atoms with E-state index in [-0.39, 0.29) is 36.9 Å². The molecule has 3 atom stereocenters. The van der Waals surface area contributed by atoms with Crippen molar-refractivity contribution in [1.29, 1.82) is 0 Å². The summed E-state index contributed by atoms with van der Waals surface area (Å²) in [6, 6.07) is 24.7. The Balaban J connectivity index is 1.82. The Labute approximate surface area is 238 Å². The number of hydrogen-bond acceptors (Lipinski definition) is 9. The monoisotopic (exact) mass is 563 g/mol. The van der Waals surface area contributed by atoms with E-state index in [1.807, 2.05) is 44.2 Å². The van der Waals surface area contributed by atoms with Gasteiger partial charge in [-0.3, -0.25) is 0 Å². The Bertz CT molecular complexity index is 1270. The second kappa shape index (κ2) is 15.9. The highest BCUT2D eigenvalue weighted by Crippen LogP contribution is 2.16. The highest BCUT2D eigenvalue weighted by molar-refractivity contribution is 5.95. The van der Waals surface area contributed by atoms with Crippen LogP contribution in [0, 0.1) is 0 Å². The average molecular weight is 564 g/mol. The fourth-order valence-corrected chi connectivity index (χ4v) is 3.61. The number of benzene rings is 3. The smallest absolute Gasteiger partial charge is 0.352 e. The van der Waals surface area contributed by atoms with E-state index >= 15 is 0 Å². The maximum absolute atomic E-state index is 13.4. The molecule has 2 N–H and O–H groups in total. The van der Waals surface area contributed by atoms with Gasteiger partial charge in [-0.1, -0.05) is 80.6 Å². The SMILES string of the molecule is CC(C)NCC(COCc1ccccc1)OC(=O)C(OC(=O)c1ccccc1)C(OC(=O)c1ccccc1)C(=O)O. The van der Waals surface area contributed by atoms with Gasteiger partial charge >= 0.3 is 23.9 Å². The molecule has 0 fully saturated rings. The Morgan fingerprint density at radius 3 is 1.68 bits per heavy atom. The van der Waals surface area contributed by atoms with E-state index in [0.29, 0.717) is 0 Å². The first kappa shape index (κ1) is 31.0. The standard InChI is InChI=1S/C31H33NO9/c1-21(2)32-18-25(20-38-19-22-12-6-3-7-13-22)39-31(37)27(41-30(36)24-16-10-5-11-17-24)26(28(33)34)40-29(35)23-14-8-4-9-15-23/h3-17,21,25-27,32H,18-20H2,1-2H3,(H,33,34). The second-order valence-electron chi connectivity index (χ2n) is 9.34. The fourth-order valence-electron chi connectivity index (χ4n) is 3.61. The lowest BCUT2D eigenvalue weighted by Gasteiger charge is -2.26. The van der Waals surface area contributed by atoms with Gasteiger partial charge in [-0.15, -0.1) is 0 Å². The van der Waals surface area contributed by atoms with E-state index in [1.165, 1.54) is 24.3 Å². The van der Waals surface area contributed by atoms with Gasteiger partial charge in [0.05, 0.1) is 24.3 Å². The van der Waals surface area contributed by atoms with E-state index in [1.54, 1.807) is 36.4 Å². The Morgan fingerprint density at radius 1 is 0.707 bits per heavy atom. The molecule has 0 saturated heterocycles. The predicted molar refractivity (Wildman–Crippen MR) is 148 cm³/mol. The molecule has 3 rings (SSSR count). The van der Waals surface area contributed by atoms with Crippen molar-refractivity contribution in [3.05, 3.63) is 108 Å². The second-order valence-corrected chi connectivity index (χ2v) is 9.34. The molecule has 216 valence electrons. The summed E-state index contributed by atoms with van der Waals surface area (Å²) < 4.78 is 21.8. The van der Waals surface area contributed by atoms with Gasteiger partial charge in [0.2, 0.25) is 12.2 Å². The van der Waals surface area contributed by atoms with Crippen LogP contribution in [-0.4, -0.2) is 66.5 Å². The number of nitrogens with one attached hydrogen (secondary N) is 1. The average Bonchev–Trinajstić information content (AvgIpc) is 2.98. The molecule has 0 bridgehead atoms. The molecule has 3 aromatic carbocycles. The molecule has 0 aliphatic rings. The minimum atomic E-state index is -2.19. The van der Waals surface area contributed by atoms with Crippen LogP contribution >= 0.6 is 0 Å². The number of rotatable bonds is 15. The molecule has 0 amide bonds. The first-order chi connectivity index (χ1) is 19.7. The van der Waals surface area contributed by atoms with E-state index in [4.69, 9.17) is 18.9 Å². The third kappa shape index (κ3) is 10.2. The number of esters is 3. The molecule has 0 aliphatic heterocycles. The zero-order valence-corrected chi connectivity index (χ0v) is 22.8. The third-order valence-corrected chi connectivity index (χ3v) is 5.69. The first-order valence-electron chi connectivity index (χ1n) is 13.0. The van der Waals surface area contributed by atoms with Crippen molar-refractivity contribution >= 4 is 23.9 Å². The minimum absolute atomic E-state index is 0.0376. The molecule has 0 heterocycles. The Hall–Kier alpha value is -4.54. The lowest BCUT2D eigenvalue weighted by molar-refractivity contribution is -0.176. The molecule has 3 aromatic rings. The topological polar surface area (TPSA) is 137 Å². The molecule has 0 aliphatic carbocycles. The highest BCUT2D eigenvalue weighted by Gasteiger charge is 2.43. The van der Waals surface area contributed by atoms with Crippen LogP contribution in [0.25, 0.3) is 0 Å². The molecule has 0 radical (unpaired) electrons. The van der Waals surface area contributed by atoms with Crippen LogP contribution in [0.15, 0.2) is 91.0 Å². The van der Waals surface area contributed by atoms with Gasteiger partial charge in [0.15, 0.2) is 0 Å². The van der Waals surface area contributed by atoms with E-state index < -0.39 is 42.2 Å². The summed E-state index contributed by atoms with van der Waals surface area (Å²) in [5.41, 5.74) is 1.02. The maximum atomic E-state index is 13.4. The normalized spacial score (nSPS) is 13.0. The molecule has 0 saturated carbocycles. The van der Waals surface area contributed by atoms with Gasteiger partial charge in [0.25, 0.3) is 0 Å². The zero-order chi connectivity index (χ0) is 29.6. The van der Waals surface area contributed by atoms with Crippen molar-refractivity contribution in [3.63, 3.8) is 0 Å². The van der Waals surface area contributed by atoms with Gasteiger partial charge < -0.3 is 29.4 Å². The van der Waals surface area contributed by atoms with Crippen molar-refractivity contribution in [2.45, 2.75) is 44.8 Å². The number of ether oxygens (including phenoxy) is 4. The van der Waals surface area contributed by atoms with Crippen LogP contribution in [0.3, 0.4) is 0 Å². The van der Waals surface area contributed by atoms with Gasteiger partial charge in [-0.2, -0.15) is 0 Å². The Kier molecular flexibility index (Phi) is 12.0. The van der Waals surface area contributed by atoms with E-state index in [9.17, 15) is 24.3 Å². The molecule has 10 heteroatoms. The van der Waals surface area contributed by atoms with Gasteiger partial charge in [-0.05, 0) is 29.8 Å². The van der Waals surface area contributed by atoms with Crippen LogP contribution in [0.2, 0.25) is 0 Å². The number of carbonyl (C=O) groups is 4. The zero-order valence-electron chi connectivity index (χ0n) is 22.8. The van der Waals surface area contributed by atoms with Crippen LogP contribution in [-0.2, 0) is 35.1 Å². The highest BCUT2D eigenvalue weighted by atomic mass is 16.6. The van der Waals surface area contributed by atoms with Gasteiger partial charge in [0.1, 0.15) is 6.10 Å². The van der Waals surface area contributed by atoms with E-state index in [0.717, 1.165) is 5.56 Å². The quantitative estimate of drug-likeness (QED) is 0.208. The summed E-state index contributed by atoms with van der Waals surface area (Å²) in [7, 11) is 0. The molecule has 41 heavy (non-hydrogen) atoms. The van der Waals surface area contributed by atoms with Crippen LogP contribution in [0.5, 0.6) is 0 Å². The van der Waals surface area contributed by atoms with Crippen molar-refractivity contribution < 1.29 is 43.2 Å². The van der Waals surface area contributed by atoms with Crippen LogP contribution < -0.4 is 5.32 Å². The summed E-state index contributed by atoms with van der Waals surface area (Å²) >= 11 is 0. The molecular formula is C31H33NO9. The number of hydrogen-bond donors (Lipinski definition) is 2. The number of carboxylic acid groups (broad SMARTS) is 1. The summed E-state index contributed by atoms with van der Waals surface area (Å²) in [6.45, 7) is 4.17. The molecule has 0 spiro atoms. The van der Waals surface area contributed by atoms with Crippen molar-refractivity contribution in [1.82, 2.24) is 5.32 Å². The predicted octanol–water partition coefficient (Wildman–Crippen LogP) is 3.65. The van der Waals surface area contributed by atoms with Crippen LogP contribution in [0.1, 0.15) is 40.1 Å². The van der Waals surface area contributed by atoms with Crippen molar-refractivity contribution in [3.8, 4) is 0 Å². The van der Waals surface area contributed by atoms with Crippen LogP contribution in [0.4, 0.5) is 0 Å². The van der Waals surface area contributed by atoms with Crippen molar-refractivity contribution in [2.24, 2.45) is 0 Å². The van der Waals surface area contributed by atoms with E-state index in [2.05, 4.69) is 5.32 Å². The number of carbonyl (C=O) groups excluding carboxylic acids is 3. The van der Waals surface area contributed by atoms with Gasteiger partial charge in [-0.25, -0.2) is 19.2 Å².